The molecular formula is C18H27N. The largest absolute Gasteiger partial charge is 0.293 e. The first kappa shape index (κ1) is 14.3. The van der Waals surface area contributed by atoms with Crippen LogP contribution in [0.5, 0.6) is 0 Å². The molecule has 0 aliphatic heterocycles. The molecule has 19 heavy (non-hydrogen) atoms. The molecule has 1 heteroatoms. The molecule has 1 aliphatic carbocycles. The van der Waals surface area contributed by atoms with Gasteiger partial charge in [0, 0.05) is 12.1 Å². The van der Waals surface area contributed by atoms with E-state index in [0.717, 1.165) is 12.3 Å². The molecular weight excluding hydrogens is 230 g/mol. The van der Waals surface area contributed by atoms with Gasteiger partial charge in [-0.05, 0) is 57.2 Å². The monoisotopic (exact) mass is 257 g/mol. The Balaban J connectivity index is 2.08. The third-order valence-electron chi connectivity index (χ3n) is 4.53. The Labute approximate surface area is 118 Å². The third kappa shape index (κ3) is 3.27. The molecule has 2 unspecified atom stereocenters. The molecule has 0 amide bonds. The van der Waals surface area contributed by atoms with Gasteiger partial charge in [0.1, 0.15) is 0 Å². The predicted molar refractivity (Wildman–Crippen MR) is 83.5 cm³/mol. The van der Waals surface area contributed by atoms with Crippen LogP contribution >= 0.6 is 0 Å². The first-order chi connectivity index (χ1) is 9.04. The van der Waals surface area contributed by atoms with E-state index in [1.165, 1.54) is 29.5 Å². The zero-order valence-corrected chi connectivity index (χ0v) is 12.8. The smallest absolute Gasteiger partial charge is 0.0322 e. The van der Waals surface area contributed by atoms with Gasteiger partial charge in [0.2, 0.25) is 0 Å². The Kier molecular flexibility index (Phi) is 4.46. The second-order valence-corrected chi connectivity index (χ2v) is 6.05. The van der Waals surface area contributed by atoms with E-state index in [2.05, 4.69) is 63.6 Å². The zero-order chi connectivity index (χ0) is 14.0. The van der Waals surface area contributed by atoms with Crippen LogP contribution in [-0.2, 0) is 0 Å². The summed E-state index contributed by atoms with van der Waals surface area (Å²) in [5, 5.41) is 0. The maximum absolute atomic E-state index is 4.13. The Morgan fingerprint density at radius 1 is 1.32 bits per heavy atom. The van der Waals surface area contributed by atoms with Crippen molar-refractivity contribution in [1.29, 1.82) is 0 Å². The first-order valence-corrected chi connectivity index (χ1v) is 7.51. The van der Waals surface area contributed by atoms with E-state index in [9.17, 15) is 0 Å². The van der Waals surface area contributed by atoms with Crippen molar-refractivity contribution < 1.29 is 0 Å². The van der Waals surface area contributed by atoms with Crippen LogP contribution in [0.2, 0.25) is 0 Å². The average molecular weight is 257 g/mol. The molecule has 0 bridgehead atoms. The topological polar surface area (TPSA) is 3.24 Å². The van der Waals surface area contributed by atoms with E-state index >= 15 is 0 Å². The number of hydrogen-bond acceptors (Lipinski definition) is 1. The molecule has 0 radical (unpaired) electrons. The Hall–Kier alpha value is -1.08. The number of nitrogens with zero attached hydrogens (tertiary/aromatic N) is 1. The van der Waals surface area contributed by atoms with Gasteiger partial charge in [-0.3, -0.25) is 4.90 Å². The van der Waals surface area contributed by atoms with Crippen molar-refractivity contribution in [3.8, 4) is 0 Å². The highest BCUT2D eigenvalue weighted by Crippen LogP contribution is 2.40. The minimum atomic E-state index is 0.440. The molecule has 1 aromatic carbocycles. The van der Waals surface area contributed by atoms with Crippen molar-refractivity contribution in [3.05, 3.63) is 47.5 Å². The number of benzene rings is 1. The summed E-state index contributed by atoms with van der Waals surface area (Å²) < 4.78 is 0. The van der Waals surface area contributed by atoms with Gasteiger partial charge in [-0.15, -0.1) is 0 Å². The second kappa shape index (κ2) is 5.92. The highest BCUT2D eigenvalue weighted by molar-refractivity contribution is 5.29. The third-order valence-corrected chi connectivity index (χ3v) is 4.53. The van der Waals surface area contributed by atoms with Gasteiger partial charge in [-0.25, -0.2) is 0 Å². The molecule has 104 valence electrons. The maximum Gasteiger partial charge on any atom is 0.0322 e. The second-order valence-electron chi connectivity index (χ2n) is 6.05. The summed E-state index contributed by atoms with van der Waals surface area (Å²) in [5.74, 6) is 0.848. The zero-order valence-electron chi connectivity index (χ0n) is 12.8. The quantitative estimate of drug-likeness (QED) is 0.654. The first-order valence-electron chi connectivity index (χ1n) is 7.51. The van der Waals surface area contributed by atoms with Gasteiger partial charge in [0.05, 0.1) is 0 Å². The van der Waals surface area contributed by atoms with E-state index in [-0.39, 0.29) is 0 Å². The lowest BCUT2D eigenvalue weighted by atomic mass is 9.99. The van der Waals surface area contributed by atoms with E-state index in [1.54, 1.807) is 0 Å². The van der Waals surface area contributed by atoms with Crippen LogP contribution in [0.1, 0.15) is 63.1 Å². The number of likely N-dealkylation sites (N-methyl/N-ethyl adjacent to an activating group) is 1. The molecule has 1 aliphatic rings. The molecule has 0 heterocycles. The Morgan fingerprint density at radius 2 is 1.89 bits per heavy atom. The van der Waals surface area contributed by atoms with Crippen LogP contribution in [0.15, 0.2) is 36.4 Å². The van der Waals surface area contributed by atoms with E-state index in [0.29, 0.717) is 12.1 Å². The van der Waals surface area contributed by atoms with Crippen molar-refractivity contribution in [2.24, 2.45) is 0 Å². The van der Waals surface area contributed by atoms with Crippen molar-refractivity contribution in [1.82, 2.24) is 4.90 Å². The van der Waals surface area contributed by atoms with Gasteiger partial charge in [0.25, 0.3) is 0 Å². The molecule has 1 aromatic rings. The number of hydrogen-bond donors (Lipinski definition) is 0. The van der Waals surface area contributed by atoms with Crippen molar-refractivity contribution >= 4 is 0 Å². The van der Waals surface area contributed by atoms with Crippen molar-refractivity contribution in [3.63, 3.8) is 0 Å². The molecule has 2 rings (SSSR count). The fourth-order valence-corrected chi connectivity index (χ4v) is 2.95. The fourth-order valence-electron chi connectivity index (χ4n) is 2.95. The van der Waals surface area contributed by atoms with E-state index in [4.69, 9.17) is 0 Å². The highest BCUT2D eigenvalue weighted by atomic mass is 15.2. The summed E-state index contributed by atoms with van der Waals surface area (Å²) in [7, 11) is 2.21. The lowest BCUT2D eigenvalue weighted by molar-refractivity contribution is 0.204. The van der Waals surface area contributed by atoms with Gasteiger partial charge < -0.3 is 0 Å². The summed E-state index contributed by atoms with van der Waals surface area (Å²) in [4.78, 5) is 2.44. The predicted octanol–water partition coefficient (Wildman–Crippen LogP) is 4.91. The molecule has 1 nitrogen and oxygen atoms in total. The molecule has 0 aromatic heterocycles. The fraction of sp³-hybridized carbons (Fsp3) is 0.556. The highest BCUT2D eigenvalue weighted by Gasteiger charge is 2.24. The molecule has 0 spiro atoms. The standard InChI is InChI=1S/C18H27N/c1-6-18(13(2)3)19(5)14(4)15-7-9-16(10-8-15)17-11-12-17/h7-10,14,17-18H,2,6,11-12H2,1,3-5H3. The van der Waals surface area contributed by atoms with Gasteiger partial charge in [-0.2, -0.15) is 0 Å². The summed E-state index contributed by atoms with van der Waals surface area (Å²) in [6, 6.07) is 10.2. The summed E-state index contributed by atoms with van der Waals surface area (Å²) in [6.07, 6.45) is 3.88. The van der Waals surface area contributed by atoms with E-state index < -0.39 is 0 Å². The van der Waals surface area contributed by atoms with Crippen LogP contribution in [0.4, 0.5) is 0 Å². The molecule has 0 saturated heterocycles. The minimum Gasteiger partial charge on any atom is -0.293 e. The summed E-state index contributed by atoms with van der Waals surface area (Å²) in [6.45, 7) is 10.8. The van der Waals surface area contributed by atoms with Gasteiger partial charge in [-0.1, -0.05) is 43.3 Å². The van der Waals surface area contributed by atoms with Crippen LogP contribution in [0, 0.1) is 0 Å². The van der Waals surface area contributed by atoms with Crippen LogP contribution in [0.25, 0.3) is 0 Å². The van der Waals surface area contributed by atoms with Crippen LogP contribution in [0.3, 0.4) is 0 Å². The van der Waals surface area contributed by atoms with Crippen molar-refractivity contribution in [2.75, 3.05) is 7.05 Å². The lowest BCUT2D eigenvalue weighted by Gasteiger charge is -2.33. The average Bonchev–Trinajstić information content (AvgIpc) is 3.22. The van der Waals surface area contributed by atoms with E-state index in [1.807, 2.05) is 0 Å². The molecule has 1 fully saturated rings. The van der Waals surface area contributed by atoms with Gasteiger partial charge >= 0.3 is 0 Å². The lowest BCUT2D eigenvalue weighted by Crippen LogP contribution is -2.34. The molecule has 0 N–H and O–H groups in total. The molecule has 1 saturated carbocycles. The Morgan fingerprint density at radius 3 is 2.32 bits per heavy atom. The van der Waals surface area contributed by atoms with Crippen molar-refractivity contribution in [2.45, 2.75) is 58.0 Å². The normalized spacial score (nSPS) is 18.4. The summed E-state index contributed by atoms with van der Waals surface area (Å²) in [5.41, 5.74) is 4.18. The Bertz CT molecular complexity index is 428. The van der Waals surface area contributed by atoms with Crippen LogP contribution < -0.4 is 0 Å². The molecule has 2 atom stereocenters. The SMILES string of the molecule is C=C(C)C(CC)N(C)C(C)c1ccc(C2CC2)cc1. The van der Waals surface area contributed by atoms with Crippen LogP contribution in [-0.4, -0.2) is 18.0 Å². The maximum atomic E-state index is 4.13. The number of rotatable bonds is 6. The summed E-state index contributed by atoms with van der Waals surface area (Å²) >= 11 is 0. The minimum absolute atomic E-state index is 0.440. The van der Waals surface area contributed by atoms with Gasteiger partial charge in [0.15, 0.2) is 0 Å².